The Hall–Kier alpha value is -5.67. The normalized spacial score (nSPS) is 11.8. The summed E-state index contributed by atoms with van der Waals surface area (Å²) in [6.45, 7) is 0. The van der Waals surface area contributed by atoms with E-state index in [1.54, 1.807) is 0 Å². The standard InChI is InChI=1S/C39H25N3/c1-3-11-28(12-4-1)41-36-18-10-8-15-30(36)32-23-26(19-21-37(32)41)27-20-22-38-33(24-27)34-25-40-35-17-9-7-16-31(35)39(34)42(38)29-13-5-2-6-14-29/h1-25H. The van der Waals surface area contributed by atoms with Gasteiger partial charge in [-0.25, -0.2) is 0 Å². The molecule has 3 heteroatoms. The van der Waals surface area contributed by atoms with Crippen LogP contribution in [0.25, 0.3) is 77.0 Å². The minimum atomic E-state index is 1.01. The number of nitrogens with zero attached hydrogens (tertiary/aromatic N) is 3. The third-order valence-electron chi connectivity index (χ3n) is 8.53. The third-order valence-corrected chi connectivity index (χ3v) is 8.53. The first kappa shape index (κ1) is 23.1. The number of benzene rings is 6. The zero-order chi connectivity index (χ0) is 27.6. The van der Waals surface area contributed by atoms with Crippen molar-refractivity contribution in [1.82, 2.24) is 14.1 Å². The molecule has 0 fully saturated rings. The Balaban J connectivity index is 1.31. The van der Waals surface area contributed by atoms with Gasteiger partial charge in [-0.15, -0.1) is 0 Å². The maximum atomic E-state index is 4.86. The van der Waals surface area contributed by atoms with E-state index in [2.05, 4.69) is 155 Å². The maximum Gasteiger partial charge on any atom is 0.0723 e. The highest BCUT2D eigenvalue weighted by Gasteiger charge is 2.17. The summed E-state index contributed by atoms with van der Waals surface area (Å²) in [6, 6.07) is 52.1. The average Bonchev–Trinajstić information content (AvgIpc) is 3.58. The summed E-state index contributed by atoms with van der Waals surface area (Å²) < 4.78 is 4.75. The molecule has 0 spiro atoms. The quantitative estimate of drug-likeness (QED) is 0.221. The van der Waals surface area contributed by atoms with Crippen molar-refractivity contribution in [2.24, 2.45) is 0 Å². The lowest BCUT2D eigenvalue weighted by molar-refractivity contribution is 1.18. The topological polar surface area (TPSA) is 22.8 Å². The molecule has 3 nitrogen and oxygen atoms in total. The molecule has 0 unspecified atom stereocenters. The number of para-hydroxylation sites is 4. The van der Waals surface area contributed by atoms with Crippen molar-refractivity contribution >= 4 is 54.5 Å². The molecule has 196 valence electrons. The monoisotopic (exact) mass is 535 g/mol. The van der Waals surface area contributed by atoms with E-state index >= 15 is 0 Å². The van der Waals surface area contributed by atoms with Gasteiger partial charge in [-0.3, -0.25) is 4.98 Å². The van der Waals surface area contributed by atoms with Crippen molar-refractivity contribution in [1.29, 1.82) is 0 Å². The molecule has 3 aromatic heterocycles. The highest BCUT2D eigenvalue weighted by Crippen LogP contribution is 2.39. The van der Waals surface area contributed by atoms with Crippen LogP contribution in [0.3, 0.4) is 0 Å². The van der Waals surface area contributed by atoms with Crippen LogP contribution in [0.15, 0.2) is 152 Å². The summed E-state index contributed by atoms with van der Waals surface area (Å²) in [6.07, 6.45) is 2.04. The summed E-state index contributed by atoms with van der Waals surface area (Å²) >= 11 is 0. The van der Waals surface area contributed by atoms with Crippen molar-refractivity contribution in [3.8, 4) is 22.5 Å². The van der Waals surface area contributed by atoms with Crippen LogP contribution in [0.4, 0.5) is 0 Å². The molecule has 0 saturated heterocycles. The second kappa shape index (κ2) is 8.92. The van der Waals surface area contributed by atoms with Crippen LogP contribution in [0.5, 0.6) is 0 Å². The van der Waals surface area contributed by atoms with Gasteiger partial charge < -0.3 is 9.13 Å². The van der Waals surface area contributed by atoms with Gasteiger partial charge in [0.05, 0.1) is 27.6 Å². The van der Waals surface area contributed by atoms with Crippen LogP contribution in [0.2, 0.25) is 0 Å². The van der Waals surface area contributed by atoms with E-state index in [4.69, 9.17) is 4.98 Å². The first-order chi connectivity index (χ1) is 20.8. The number of rotatable bonds is 3. The maximum absolute atomic E-state index is 4.86. The lowest BCUT2D eigenvalue weighted by Gasteiger charge is -2.10. The van der Waals surface area contributed by atoms with E-state index < -0.39 is 0 Å². The molecule has 0 aliphatic carbocycles. The van der Waals surface area contributed by atoms with Crippen molar-refractivity contribution < 1.29 is 0 Å². The summed E-state index contributed by atoms with van der Waals surface area (Å²) in [7, 11) is 0. The highest BCUT2D eigenvalue weighted by atomic mass is 15.0. The highest BCUT2D eigenvalue weighted by molar-refractivity contribution is 6.18. The molecule has 0 N–H and O–H groups in total. The molecule has 0 aliphatic rings. The Kier molecular flexibility index (Phi) is 4.90. The van der Waals surface area contributed by atoms with E-state index in [0.717, 1.165) is 22.0 Å². The molecule has 0 amide bonds. The molecule has 3 heterocycles. The molecular formula is C39H25N3. The van der Waals surface area contributed by atoms with Crippen LogP contribution in [0.1, 0.15) is 0 Å². The first-order valence-electron chi connectivity index (χ1n) is 14.3. The molecule has 9 rings (SSSR count). The molecular weight excluding hydrogens is 510 g/mol. The predicted molar refractivity (Wildman–Crippen MR) is 176 cm³/mol. The van der Waals surface area contributed by atoms with Crippen molar-refractivity contribution in [2.75, 3.05) is 0 Å². The van der Waals surface area contributed by atoms with Crippen LogP contribution in [-0.2, 0) is 0 Å². The van der Waals surface area contributed by atoms with E-state index in [9.17, 15) is 0 Å². The fourth-order valence-corrected chi connectivity index (χ4v) is 6.66. The Morgan fingerprint density at radius 2 is 0.905 bits per heavy atom. The van der Waals surface area contributed by atoms with Gasteiger partial charge in [0.25, 0.3) is 0 Å². The molecule has 0 bridgehead atoms. The zero-order valence-corrected chi connectivity index (χ0v) is 22.8. The van der Waals surface area contributed by atoms with Gasteiger partial charge in [-0.05, 0) is 71.8 Å². The van der Waals surface area contributed by atoms with Crippen molar-refractivity contribution in [3.05, 3.63) is 152 Å². The van der Waals surface area contributed by atoms with Gasteiger partial charge in [-0.2, -0.15) is 0 Å². The van der Waals surface area contributed by atoms with Crippen LogP contribution in [0, 0.1) is 0 Å². The van der Waals surface area contributed by atoms with Crippen LogP contribution in [-0.4, -0.2) is 14.1 Å². The minimum absolute atomic E-state index is 1.01. The Labute approximate surface area is 242 Å². The summed E-state index contributed by atoms with van der Waals surface area (Å²) in [5.41, 5.74) is 10.5. The minimum Gasteiger partial charge on any atom is -0.309 e. The fourth-order valence-electron chi connectivity index (χ4n) is 6.66. The number of hydrogen-bond acceptors (Lipinski definition) is 1. The molecule has 6 aromatic carbocycles. The average molecular weight is 536 g/mol. The van der Waals surface area contributed by atoms with Crippen LogP contribution >= 0.6 is 0 Å². The second-order valence-corrected chi connectivity index (χ2v) is 10.9. The predicted octanol–water partition coefficient (Wildman–Crippen LogP) is 10.1. The van der Waals surface area contributed by atoms with Gasteiger partial charge in [0, 0.05) is 44.5 Å². The molecule has 0 aliphatic heterocycles. The zero-order valence-electron chi connectivity index (χ0n) is 22.8. The fraction of sp³-hybridized carbons (Fsp3) is 0. The van der Waals surface area contributed by atoms with E-state index in [1.807, 2.05) is 6.20 Å². The SMILES string of the molecule is c1ccc(-n2c3ccccc3c3cc(-c4ccc5c(c4)c4cnc6ccccc6c4n5-c4ccccc4)ccc32)cc1. The van der Waals surface area contributed by atoms with Gasteiger partial charge in [0.15, 0.2) is 0 Å². The summed E-state index contributed by atoms with van der Waals surface area (Å²) in [4.78, 5) is 4.86. The van der Waals surface area contributed by atoms with Crippen molar-refractivity contribution in [2.45, 2.75) is 0 Å². The Bertz CT molecular complexity index is 2450. The van der Waals surface area contributed by atoms with E-state index in [-0.39, 0.29) is 0 Å². The third kappa shape index (κ3) is 3.31. The van der Waals surface area contributed by atoms with Crippen LogP contribution < -0.4 is 0 Å². The second-order valence-electron chi connectivity index (χ2n) is 10.9. The smallest absolute Gasteiger partial charge is 0.0723 e. The van der Waals surface area contributed by atoms with Gasteiger partial charge >= 0.3 is 0 Å². The molecule has 0 saturated carbocycles. The van der Waals surface area contributed by atoms with Crippen molar-refractivity contribution in [3.63, 3.8) is 0 Å². The Morgan fingerprint density at radius 3 is 1.62 bits per heavy atom. The molecule has 42 heavy (non-hydrogen) atoms. The lowest BCUT2D eigenvalue weighted by atomic mass is 10.0. The van der Waals surface area contributed by atoms with E-state index in [1.165, 1.54) is 55.0 Å². The number of aromatic nitrogens is 3. The van der Waals surface area contributed by atoms with Gasteiger partial charge in [-0.1, -0.05) is 84.9 Å². The molecule has 0 radical (unpaired) electrons. The first-order valence-corrected chi connectivity index (χ1v) is 14.3. The molecule has 9 aromatic rings. The van der Waals surface area contributed by atoms with E-state index in [0.29, 0.717) is 0 Å². The molecule has 0 atom stereocenters. The summed E-state index contributed by atoms with van der Waals surface area (Å²) in [5, 5.41) is 6.04. The number of pyridine rings is 1. The number of fused-ring (bicyclic) bond motifs is 8. The van der Waals surface area contributed by atoms with Gasteiger partial charge in [0.1, 0.15) is 0 Å². The van der Waals surface area contributed by atoms with Gasteiger partial charge in [0.2, 0.25) is 0 Å². The Morgan fingerprint density at radius 1 is 0.381 bits per heavy atom. The largest absolute Gasteiger partial charge is 0.309 e. The lowest BCUT2D eigenvalue weighted by Crippen LogP contribution is -1.94. The summed E-state index contributed by atoms with van der Waals surface area (Å²) in [5.74, 6) is 0. The number of hydrogen-bond donors (Lipinski definition) is 0.